The molecule has 0 aromatic carbocycles. The Balaban J connectivity index is 2.31. The van der Waals surface area contributed by atoms with E-state index in [0.717, 1.165) is 24.1 Å². The summed E-state index contributed by atoms with van der Waals surface area (Å²) in [5, 5.41) is 10.4. The quantitative estimate of drug-likeness (QED) is 0.604. The van der Waals surface area contributed by atoms with Gasteiger partial charge in [-0.3, -0.25) is 0 Å². The number of thiocarbonyl (C=S) groups is 1. The molecule has 74 valence electrons. The molecule has 2 atom stereocenters. The van der Waals surface area contributed by atoms with Gasteiger partial charge in [0.1, 0.15) is 0 Å². The average molecular weight is 198 g/mol. The van der Waals surface area contributed by atoms with E-state index in [1.165, 1.54) is 12.8 Å². The van der Waals surface area contributed by atoms with E-state index >= 15 is 0 Å². The van der Waals surface area contributed by atoms with Crippen LogP contribution < -0.4 is 0 Å². The van der Waals surface area contributed by atoms with E-state index in [1.807, 2.05) is 0 Å². The first-order valence-corrected chi connectivity index (χ1v) is 5.62. The van der Waals surface area contributed by atoms with Crippen LogP contribution in [0, 0.1) is 11.3 Å². The Morgan fingerprint density at radius 3 is 2.77 bits per heavy atom. The normalized spacial score (nSPS) is 43.3. The van der Waals surface area contributed by atoms with Crippen LogP contribution in [0.1, 0.15) is 46.0 Å². The first-order valence-electron chi connectivity index (χ1n) is 5.21. The summed E-state index contributed by atoms with van der Waals surface area (Å²) < 4.78 is 0. The van der Waals surface area contributed by atoms with Gasteiger partial charge < -0.3 is 5.11 Å². The second-order valence-corrected chi connectivity index (χ2v) is 5.82. The standard InChI is InChI=1S/C11H18OS/c1-10(2)6-8-4-3-5-11(12,7-8)9(10)13/h8,12H,3-7H2,1-2H3/t8-,11+/m1/s1. The van der Waals surface area contributed by atoms with Crippen molar-refractivity contribution in [1.82, 2.24) is 0 Å². The molecule has 1 nitrogen and oxygen atoms in total. The van der Waals surface area contributed by atoms with Crippen LogP contribution in [0.5, 0.6) is 0 Å². The Kier molecular flexibility index (Phi) is 2.04. The highest BCUT2D eigenvalue weighted by Gasteiger charge is 2.49. The molecule has 0 unspecified atom stereocenters. The second-order valence-electron chi connectivity index (χ2n) is 5.41. The summed E-state index contributed by atoms with van der Waals surface area (Å²) >= 11 is 5.41. The maximum Gasteiger partial charge on any atom is 0.0966 e. The molecule has 13 heavy (non-hydrogen) atoms. The van der Waals surface area contributed by atoms with Gasteiger partial charge in [0.15, 0.2) is 0 Å². The third-order valence-electron chi connectivity index (χ3n) is 3.67. The van der Waals surface area contributed by atoms with Gasteiger partial charge in [-0.05, 0) is 37.0 Å². The highest BCUT2D eigenvalue weighted by atomic mass is 32.1. The van der Waals surface area contributed by atoms with Gasteiger partial charge in [-0.1, -0.05) is 32.5 Å². The highest BCUT2D eigenvalue weighted by Crippen LogP contribution is 2.48. The third-order valence-corrected chi connectivity index (χ3v) is 4.60. The van der Waals surface area contributed by atoms with E-state index < -0.39 is 5.60 Å². The van der Waals surface area contributed by atoms with Crippen molar-refractivity contribution in [3.8, 4) is 0 Å². The minimum Gasteiger partial charge on any atom is -0.385 e. The summed E-state index contributed by atoms with van der Waals surface area (Å²) in [5.74, 6) is 0.709. The fourth-order valence-electron chi connectivity index (χ4n) is 3.19. The molecule has 2 fully saturated rings. The first-order chi connectivity index (χ1) is 5.94. The predicted octanol–water partition coefficient (Wildman–Crippen LogP) is 2.71. The summed E-state index contributed by atoms with van der Waals surface area (Å²) in [6, 6.07) is 0. The minimum atomic E-state index is -0.597. The van der Waals surface area contributed by atoms with Gasteiger partial charge in [-0.2, -0.15) is 0 Å². The van der Waals surface area contributed by atoms with Crippen molar-refractivity contribution in [2.75, 3.05) is 0 Å². The largest absolute Gasteiger partial charge is 0.385 e. The van der Waals surface area contributed by atoms with Gasteiger partial charge in [-0.15, -0.1) is 0 Å². The summed E-state index contributed by atoms with van der Waals surface area (Å²) in [6.07, 6.45) is 5.43. The van der Waals surface area contributed by atoms with Gasteiger partial charge in [0.05, 0.1) is 5.60 Å². The SMILES string of the molecule is CC1(C)C[C@H]2CCC[C@](O)(C2)C1=S. The van der Waals surface area contributed by atoms with E-state index in [2.05, 4.69) is 13.8 Å². The summed E-state index contributed by atoms with van der Waals surface area (Å²) in [7, 11) is 0. The van der Waals surface area contributed by atoms with E-state index in [4.69, 9.17) is 12.2 Å². The van der Waals surface area contributed by atoms with Gasteiger partial charge in [0.2, 0.25) is 0 Å². The van der Waals surface area contributed by atoms with Crippen LogP contribution in [0.2, 0.25) is 0 Å². The summed E-state index contributed by atoms with van der Waals surface area (Å²) in [6.45, 7) is 4.36. The number of rotatable bonds is 0. The molecular formula is C11H18OS. The Labute approximate surface area is 85.5 Å². The number of hydrogen-bond acceptors (Lipinski definition) is 2. The fourth-order valence-corrected chi connectivity index (χ4v) is 3.46. The Hall–Kier alpha value is 0.0500. The molecule has 0 spiro atoms. The Morgan fingerprint density at radius 1 is 1.38 bits per heavy atom. The van der Waals surface area contributed by atoms with Crippen LogP contribution in [0.25, 0.3) is 0 Å². The van der Waals surface area contributed by atoms with Gasteiger partial charge in [0.25, 0.3) is 0 Å². The zero-order valence-corrected chi connectivity index (χ0v) is 9.28. The summed E-state index contributed by atoms with van der Waals surface area (Å²) in [5.41, 5.74) is -0.520. The van der Waals surface area contributed by atoms with Crippen molar-refractivity contribution >= 4 is 17.1 Å². The smallest absolute Gasteiger partial charge is 0.0966 e. The lowest BCUT2D eigenvalue weighted by molar-refractivity contribution is 0.0133. The molecular weight excluding hydrogens is 180 g/mol. The van der Waals surface area contributed by atoms with Crippen LogP contribution >= 0.6 is 12.2 Å². The number of hydrogen-bond donors (Lipinski definition) is 1. The predicted molar refractivity (Wildman–Crippen MR) is 57.9 cm³/mol. The van der Waals surface area contributed by atoms with Gasteiger partial charge in [-0.25, -0.2) is 0 Å². The monoisotopic (exact) mass is 198 g/mol. The molecule has 2 rings (SSSR count). The minimum absolute atomic E-state index is 0.0768. The van der Waals surface area contributed by atoms with Crippen LogP contribution in [0.15, 0.2) is 0 Å². The average Bonchev–Trinajstić information content (AvgIpc) is 2.00. The molecule has 2 aliphatic carbocycles. The maximum atomic E-state index is 10.4. The second kappa shape index (κ2) is 2.77. The number of fused-ring (bicyclic) bond motifs is 2. The van der Waals surface area contributed by atoms with E-state index in [1.54, 1.807) is 0 Å². The fraction of sp³-hybridized carbons (Fsp3) is 0.909. The molecule has 0 heterocycles. The molecule has 0 aliphatic heterocycles. The number of aliphatic hydroxyl groups is 1. The van der Waals surface area contributed by atoms with Crippen LogP contribution in [-0.4, -0.2) is 15.6 Å². The van der Waals surface area contributed by atoms with E-state index in [0.29, 0.717) is 5.92 Å². The molecule has 2 bridgehead atoms. The molecule has 2 heteroatoms. The third kappa shape index (κ3) is 1.44. The molecule has 0 aromatic heterocycles. The van der Waals surface area contributed by atoms with E-state index in [-0.39, 0.29) is 5.41 Å². The zero-order chi connectivity index (χ0) is 9.69. The molecule has 0 amide bonds. The van der Waals surface area contributed by atoms with Crippen molar-refractivity contribution in [2.24, 2.45) is 11.3 Å². The van der Waals surface area contributed by atoms with Crippen LogP contribution in [-0.2, 0) is 0 Å². The summed E-state index contributed by atoms with van der Waals surface area (Å²) in [4.78, 5) is 0.913. The van der Waals surface area contributed by atoms with E-state index in [9.17, 15) is 5.11 Å². The first kappa shape index (κ1) is 9.60. The molecule has 0 saturated heterocycles. The van der Waals surface area contributed by atoms with Crippen molar-refractivity contribution in [3.63, 3.8) is 0 Å². The lowest BCUT2D eigenvalue weighted by Gasteiger charge is -2.49. The van der Waals surface area contributed by atoms with Crippen molar-refractivity contribution < 1.29 is 5.11 Å². The molecule has 0 aromatic rings. The maximum absolute atomic E-state index is 10.4. The van der Waals surface area contributed by atoms with Crippen molar-refractivity contribution in [1.29, 1.82) is 0 Å². The van der Waals surface area contributed by atoms with Crippen LogP contribution in [0.3, 0.4) is 0 Å². The molecule has 2 aliphatic rings. The lowest BCUT2D eigenvalue weighted by Crippen LogP contribution is -2.53. The lowest BCUT2D eigenvalue weighted by atomic mass is 9.60. The van der Waals surface area contributed by atoms with Gasteiger partial charge >= 0.3 is 0 Å². The molecule has 0 radical (unpaired) electrons. The molecule has 2 saturated carbocycles. The van der Waals surface area contributed by atoms with Crippen LogP contribution in [0.4, 0.5) is 0 Å². The van der Waals surface area contributed by atoms with Crippen molar-refractivity contribution in [3.05, 3.63) is 0 Å². The van der Waals surface area contributed by atoms with Crippen molar-refractivity contribution in [2.45, 2.75) is 51.6 Å². The highest BCUT2D eigenvalue weighted by molar-refractivity contribution is 7.80. The van der Waals surface area contributed by atoms with Gasteiger partial charge in [0, 0.05) is 4.86 Å². The topological polar surface area (TPSA) is 20.2 Å². The Morgan fingerprint density at radius 2 is 2.08 bits per heavy atom. The zero-order valence-electron chi connectivity index (χ0n) is 8.47. The molecule has 1 N–H and O–H groups in total. The Bertz CT molecular complexity index is 244.